The van der Waals surface area contributed by atoms with Gasteiger partial charge in [0.1, 0.15) is 5.52 Å². The van der Waals surface area contributed by atoms with E-state index in [-0.39, 0.29) is 11.7 Å². The zero-order valence-corrected chi connectivity index (χ0v) is 17.4. The Kier molecular flexibility index (Phi) is 4.46. The number of hydrogen-bond acceptors (Lipinski definition) is 5. The third-order valence-corrected chi connectivity index (χ3v) is 6.11. The number of piperidine rings is 1. The first-order chi connectivity index (χ1) is 14.9. The van der Waals surface area contributed by atoms with Crippen LogP contribution in [0.15, 0.2) is 41.5 Å². The summed E-state index contributed by atoms with van der Waals surface area (Å²) in [6.07, 6.45) is 4.85. The van der Waals surface area contributed by atoms with E-state index in [2.05, 4.69) is 9.97 Å². The molecular formula is C22H23N7O2. The molecule has 0 aromatic carbocycles. The zero-order valence-electron chi connectivity index (χ0n) is 17.4. The lowest BCUT2D eigenvalue weighted by atomic mass is 10.0. The molecule has 9 heteroatoms. The highest BCUT2D eigenvalue weighted by Crippen LogP contribution is 2.30. The van der Waals surface area contributed by atoms with Crippen LogP contribution in [0.3, 0.4) is 0 Å². The quantitative estimate of drug-likeness (QED) is 0.538. The number of aryl methyl sites for hydroxylation is 2. The Hall–Kier alpha value is -3.75. The monoisotopic (exact) mass is 417 g/mol. The number of rotatable bonds is 2. The van der Waals surface area contributed by atoms with Crippen molar-refractivity contribution in [2.24, 2.45) is 12.8 Å². The van der Waals surface area contributed by atoms with E-state index in [0.717, 1.165) is 33.5 Å². The smallest absolute Gasteiger partial charge is 0.329 e. The molecule has 0 saturated carbocycles. The van der Waals surface area contributed by atoms with Crippen molar-refractivity contribution < 1.29 is 4.79 Å². The Bertz CT molecular complexity index is 1360. The number of nitrogens with zero attached hydrogens (tertiary/aromatic N) is 6. The topological polar surface area (TPSA) is 112 Å². The van der Waals surface area contributed by atoms with Crippen molar-refractivity contribution >= 4 is 28.1 Å². The van der Waals surface area contributed by atoms with Gasteiger partial charge in [0.2, 0.25) is 0 Å². The lowest BCUT2D eigenvalue weighted by Gasteiger charge is -2.31. The number of primary amides is 1. The molecule has 4 aromatic rings. The van der Waals surface area contributed by atoms with Gasteiger partial charge < -0.3 is 10.6 Å². The van der Waals surface area contributed by atoms with Crippen molar-refractivity contribution in [3.63, 3.8) is 0 Å². The molecule has 0 bridgehead atoms. The van der Waals surface area contributed by atoms with Crippen LogP contribution >= 0.6 is 0 Å². The minimum absolute atomic E-state index is 0.0381. The van der Waals surface area contributed by atoms with Gasteiger partial charge in [-0.05, 0) is 44.0 Å². The first kappa shape index (κ1) is 19.2. The SMILES string of the molecule is Cc1ccc(-c2ccc3ncc4c(c3n2)n(C2CCN(C(N)=O)CC2)c(=O)n4C)cn1. The maximum absolute atomic E-state index is 13.2. The second-order valence-electron chi connectivity index (χ2n) is 8.01. The van der Waals surface area contributed by atoms with Gasteiger partial charge in [0, 0.05) is 43.6 Å². The third kappa shape index (κ3) is 3.13. The van der Waals surface area contributed by atoms with Crippen LogP contribution in [0.5, 0.6) is 0 Å². The third-order valence-electron chi connectivity index (χ3n) is 6.11. The Morgan fingerprint density at radius 1 is 1.10 bits per heavy atom. The highest BCUT2D eigenvalue weighted by Gasteiger charge is 2.27. The highest BCUT2D eigenvalue weighted by molar-refractivity contribution is 6.00. The van der Waals surface area contributed by atoms with E-state index < -0.39 is 6.03 Å². The van der Waals surface area contributed by atoms with Gasteiger partial charge >= 0.3 is 11.7 Å². The number of carbonyl (C=O) groups excluding carboxylic acids is 1. The predicted octanol–water partition coefficient (Wildman–Crippen LogP) is 2.37. The van der Waals surface area contributed by atoms with Gasteiger partial charge in [-0.3, -0.25) is 19.1 Å². The summed E-state index contributed by atoms with van der Waals surface area (Å²) in [7, 11) is 1.75. The van der Waals surface area contributed by atoms with Crippen LogP contribution in [0.25, 0.3) is 33.3 Å². The van der Waals surface area contributed by atoms with E-state index in [0.29, 0.717) is 31.4 Å². The summed E-state index contributed by atoms with van der Waals surface area (Å²) in [4.78, 5) is 40.1. The van der Waals surface area contributed by atoms with Gasteiger partial charge in [0.05, 0.1) is 28.4 Å². The summed E-state index contributed by atoms with van der Waals surface area (Å²) < 4.78 is 3.44. The average molecular weight is 417 g/mol. The number of imidazole rings is 1. The molecule has 31 heavy (non-hydrogen) atoms. The summed E-state index contributed by atoms with van der Waals surface area (Å²) in [6.45, 7) is 3.00. The molecule has 158 valence electrons. The summed E-state index contributed by atoms with van der Waals surface area (Å²) in [5.41, 5.74) is 10.9. The molecule has 5 rings (SSSR count). The van der Waals surface area contributed by atoms with Gasteiger partial charge in [-0.15, -0.1) is 0 Å². The standard InChI is InChI=1S/C22H23N7O2/c1-13-3-4-14(11-24-13)16-5-6-17-19(26-16)20-18(12-25-17)27(2)22(31)29(20)15-7-9-28(10-8-15)21(23)30/h3-6,11-12,15H,7-10H2,1-2H3,(H2,23,30). The molecule has 0 radical (unpaired) electrons. The number of amides is 2. The van der Waals surface area contributed by atoms with Gasteiger partial charge in [0.25, 0.3) is 0 Å². The van der Waals surface area contributed by atoms with Gasteiger partial charge in [0.15, 0.2) is 0 Å². The first-order valence-electron chi connectivity index (χ1n) is 10.3. The van der Waals surface area contributed by atoms with Gasteiger partial charge in [-0.2, -0.15) is 0 Å². The Balaban J connectivity index is 1.69. The second kappa shape index (κ2) is 7.19. The zero-order chi connectivity index (χ0) is 21.7. The van der Waals surface area contributed by atoms with E-state index in [4.69, 9.17) is 10.7 Å². The van der Waals surface area contributed by atoms with Crippen molar-refractivity contribution in [2.45, 2.75) is 25.8 Å². The van der Waals surface area contributed by atoms with Crippen LogP contribution in [0, 0.1) is 6.92 Å². The molecule has 1 saturated heterocycles. The molecule has 1 aliphatic rings. The maximum atomic E-state index is 13.2. The average Bonchev–Trinajstić information content (AvgIpc) is 3.04. The number of urea groups is 1. The van der Waals surface area contributed by atoms with Gasteiger partial charge in [-0.25, -0.2) is 14.6 Å². The summed E-state index contributed by atoms with van der Waals surface area (Å²) in [5, 5.41) is 0. The van der Waals surface area contributed by atoms with Crippen molar-refractivity contribution in [3.05, 3.63) is 52.8 Å². The molecule has 5 heterocycles. The largest absolute Gasteiger partial charge is 0.351 e. The van der Waals surface area contributed by atoms with Crippen molar-refractivity contribution in [3.8, 4) is 11.3 Å². The Morgan fingerprint density at radius 2 is 1.87 bits per heavy atom. The number of pyridine rings is 3. The van der Waals surface area contributed by atoms with E-state index >= 15 is 0 Å². The molecule has 2 N–H and O–H groups in total. The van der Waals surface area contributed by atoms with Crippen LogP contribution in [-0.2, 0) is 7.05 Å². The number of likely N-dealkylation sites (tertiary alicyclic amines) is 1. The summed E-state index contributed by atoms with van der Waals surface area (Å²) in [5.74, 6) is 0. The molecule has 0 atom stereocenters. The van der Waals surface area contributed by atoms with Crippen LogP contribution in [0.1, 0.15) is 24.6 Å². The molecule has 9 nitrogen and oxygen atoms in total. The molecule has 2 amide bonds. The fourth-order valence-corrected chi connectivity index (χ4v) is 4.35. The second-order valence-corrected chi connectivity index (χ2v) is 8.01. The number of aromatic nitrogens is 5. The van der Waals surface area contributed by atoms with Gasteiger partial charge in [-0.1, -0.05) is 0 Å². The summed E-state index contributed by atoms with van der Waals surface area (Å²) in [6, 6.07) is 7.33. The minimum atomic E-state index is -0.420. The molecule has 0 aliphatic carbocycles. The lowest BCUT2D eigenvalue weighted by molar-refractivity contribution is 0.180. The Morgan fingerprint density at radius 3 is 2.55 bits per heavy atom. The van der Waals surface area contributed by atoms with Crippen molar-refractivity contribution in [2.75, 3.05) is 13.1 Å². The van der Waals surface area contributed by atoms with E-state index in [1.54, 1.807) is 28.9 Å². The number of nitrogens with two attached hydrogens (primary N) is 1. The molecule has 1 fully saturated rings. The number of fused-ring (bicyclic) bond motifs is 3. The molecule has 0 unspecified atom stereocenters. The fraction of sp³-hybridized carbons (Fsp3) is 0.318. The first-order valence-corrected chi connectivity index (χ1v) is 10.3. The van der Waals surface area contributed by atoms with Crippen LogP contribution in [-0.4, -0.2) is 48.1 Å². The van der Waals surface area contributed by atoms with Crippen LogP contribution in [0.4, 0.5) is 4.79 Å². The highest BCUT2D eigenvalue weighted by atomic mass is 16.2. The fourth-order valence-electron chi connectivity index (χ4n) is 4.35. The Labute approximate surface area is 178 Å². The van der Waals surface area contributed by atoms with Crippen LogP contribution in [0.2, 0.25) is 0 Å². The number of hydrogen-bond donors (Lipinski definition) is 1. The van der Waals surface area contributed by atoms with Crippen molar-refractivity contribution in [1.29, 1.82) is 0 Å². The summed E-state index contributed by atoms with van der Waals surface area (Å²) >= 11 is 0. The molecule has 1 aliphatic heterocycles. The van der Waals surface area contributed by atoms with E-state index in [9.17, 15) is 9.59 Å². The molecular weight excluding hydrogens is 394 g/mol. The van der Waals surface area contributed by atoms with E-state index in [1.165, 1.54) is 0 Å². The van der Waals surface area contributed by atoms with Crippen LogP contribution < -0.4 is 11.4 Å². The normalized spacial score (nSPS) is 15.1. The molecule has 0 spiro atoms. The predicted molar refractivity (Wildman–Crippen MR) is 118 cm³/mol. The van der Waals surface area contributed by atoms with Crippen molar-refractivity contribution in [1.82, 2.24) is 29.0 Å². The lowest BCUT2D eigenvalue weighted by Crippen LogP contribution is -2.43. The number of carbonyl (C=O) groups is 1. The van der Waals surface area contributed by atoms with E-state index in [1.807, 2.05) is 35.8 Å². The minimum Gasteiger partial charge on any atom is -0.351 e. The molecule has 4 aromatic heterocycles. The maximum Gasteiger partial charge on any atom is 0.329 e.